The Hall–Kier alpha value is -1.03. The predicted octanol–water partition coefficient (Wildman–Crippen LogP) is 1.44. The van der Waals surface area contributed by atoms with Crippen LogP contribution in [0, 0.1) is 0 Å². The van der Waals surface area contributed by atoms with Crippen LogP contribution >= 0.6 is 0 Å². The SMILES string of the molecule is CCc1nn(C)cc1N1C2CCC1CC(N)C2. The van der Waals surface area contributed by atoms with Gasteiger partial charge in [0.1, 0.15) is 0 Å². The molecule has 1 aromatic rings. The minimum atomic E-state index is 0.408. The van der Waals surface area contributed by atoms with Crippen LogP contribution in [-0.4, -0.2) is 27.9 Å². The summed E-state index contributed by atoms with van der Waals surface area (Å²) in [4.78, 5) is 2.61. The van der Waals surface area contributed by atoms with Crippen molar-refractivity contribution < 1.29 is 0 Å². The van der Waals surface area contributed by atoms with Gasteiger partial charge in [-0.2, -0.15) is 5.10 Å². The van der Waals surface area contributed by atoms with Crippen LogP contribution in [0.1, 0.15) is 38.3 Å². The zero-order chi connectivity index (χ0) is 12.0. The van der Waals surface area contributed by atoms with E-state index in [1.165, 1.54) is 24.2 Å². The third-order valence-corrected chi connectivity index (χ3v) is 4.27. The molecular formula is C13H22N4. The lowest BCUT2D eigenvalue weighted by Crippen LogP contribution is -2.47. The molecule has 0 aromatic carbocycles. The number of hydrogen-bond donors (Lipinski definition) is 1. The van der Waals surface area contributed by atoms with Crippen molar-refractivity contribution in [3.63, 3.8) is 0 Å². The maximum Gasteiger partial charge on any atom is 0.0855 e. The molecule has 0 radical (unpaired) electrons. The first kappa shape index (κ1) is 11.1. The van der Waals surface area contributed by atoms with E-state index in [1.807, 2.05) is 11.7 Å². The van der Waals surface area contributed by atoms with Gasteiger partial charge in [-0.25, -0.2) is 0 Å². The molecule has 3 heterocycles. The van der Waals surface area contributed by atoms with Crippen LogP contribution in [0.3, 0.4) is 0 Å². The molecule has 3 rings (SSSR count). The Kier molecular flexibility index (Phi) is 2.62. The molecule has 4 nitrogen and oxygen atoms in total. The number of aromatic nitrogens is 2. The average molecular weight is 234 g/mol. The molecule has 2 atom stereocenters. The number of aryl methyl sites for hydroxylation is 2. The number of anilines is 1. The van der Waals surface area contributed by atoms with Crippen LogP contribution in [0.15, 0.2) is 6.20 Å². The van der Waals surface area contributed by atoms with E-state index < -0.39 is 0 Å². The van der Waals surface area contributed by atoms with Gasteiger partial charge < -0.3 is 10.6 Å². The minimum Gasteiger partial charge on any atom is -0.363 e. The van der Waals surface area contributed by atoms with Crippen molar-refractivity contribution in [2.45, 2.75) is 57.2 Å². The summed E-state index contributed by atoms with van der Waals surface area (Å²) in [5, 5.41) is 4.56. The monoisotopic (exact) mass is 234 g/mol. The van der Waals surface area contributed by atoms with E-state index >= 15 is 0 Å². The van der Waals surface area contributed by atoms with Gasteiger partial charge in [-0.1, -0.05) is 6.92 Å². The second-order valence-corrected chi connectivity index (χ2v) is 5.51. The molecule has 0 amide bonds. The largest absolute Gasteiger partial charge is 0.363 e. The summed E-state index contributed by atoms with van der Waals surface area (Å²) in [6.45, 7) is 2.18. The van der Waals surface area contributed by atoms with Gasteiger partial charge in [0.05, 0.1) is 11.4 Å². The summed E-state index contributed by atoms with van der Waals surface area (Å²) in [6.07, 6.45) is 8.09. The zero-order valence-corrected chi connectivity index (χ0v) is 10.8. The highest BCUT2D eigenvalue weighted by Crippen LogP contribution is 2.39. The average Bonchev–Trinajstić information content (AvgIpc) is 2.77. The summed E-state index contributed by atoms with van der Waals surface area (Å²) >= 11 is 0. The van der Waals surface area contributed by atoms with E-state index in [0.29, 0.717) is 18.1 Å². The van der Waals surface area contributed by atoms with Gasteiger partial charge in [0, 0.05) is 31.4 Å². The van der Waals surface area contributed by atoms with Gasteiger partial charge in [0.25, 0.3) is 0 Å². The topological polar surface area (TPSA) is 47.1 Å². The van der Waals surface area contributed by atoms with Crippen LogP contribution in [-0.2, 0) is 13.5 Å². The highest BCUT2D eigenvalue weighted by molar-refractivity contribution is 5.53. The molecular weight excluding hydrogens is 212 g/mol. The van der Waals surface area contributed by atoms with Gasteiger partial charge in [0.15, 0.2) is 0 Å². The van der Waals surface area contributed by atoms with Crippen molar-refractivity contribution in [2.24, 2.45) is 12.8 Å². The van der Waals surface area contributed by atoms with Gasteiger partial charge in [0.2, 0.25) is 0 Å². The second-order valence-electron chi connectivity index (χ2n) is 5.51. The van der Waals surface area contributed by atoms with E-state index in [9.17, 15) is 0 Å². The lowest BCUT2D eigenvalue weighted by Gasteiger charge is -2.39. The van der Waals surface area contributed by atoms with Crippen LogP contribution in [0.2, 0.25) is 0 Å². The Morgan fingerprint density at radius 2 is 2.00 bits per heavy atom. The Bertz CT molecular complexity index is 398. The normalized spacial score (nSPS) is 32.2. The standard InChI is InChI=1S/C13H22N4/c1-3-12-13(8-16(2)15-12)17-10-4-5-11(17)7-9(14)6-10/h8-11H,3-7,14H2,1-2H3. The van der Waals surface area contributed by atoms with Crippen molar-refractivity contribution in [1.82, 2.24) is 9.78 Å². The first-order valence-corrected chi connectivity index (χ1v) is 6.75. The van der Waals surface area contributed by atoms with Crippen LogP contribution in [0.25, 0.3) is 0 Å². The number of nitrogens with zero attached hydrogens (tertiary/aromatic N) is 3. The van der Waals surface area contributed by atoms with Gasteiger partial charge in [-0.15, -0.1) is 0 Å². The van der Waals surface area contributed by atoms with Gasteiger partial charge in [-0.05, 0) is 32.1 Å². The quantitative estimate of drug-likeness (QED) is 0.842. The molecule has 2 bridgehead atoms. The third kappa shape index (κ3) is 1.75. The summed E-state index contributed by atoms with van der Waals surface area (Å²) in [6, 6.07) is 1.71. The molecule has 2 N–H and O–H groups in total. The number of nitrogens with two attached hydrogens (primary N) is 1. The smallest absolute Gasteiger partial charge is 0.0855 e. The number of fused-ring (bicyclic) bond motifs is 2. The summed E-state index contributed by atoms with van der Waals surface area (Å²) in [7, 11) is 2.01. The van der Waals surface area contributed by atoms with E-state index in [-0.39, 0.29) is 0 Å². The summed E-state index contributed by atoms with van der Waals surface area (Å²) in [5.41, 5.74) is 8.72. The Morgan fingerprint density at radius 3 is 2.59 bits per heavy atom. The fraction of sp³-hybridized carbons (Fsp3) is 0.769. The lowest BCUT2D eigenvalue weighted by atomic mass is 9.97. The van der Waals surface area contributed by atoms with Crippen LogP contribution in [0.5, 0.6) is 0 Å². The molecule has 0 aliphatic carbocycles. The van der Waals surface area contributed by atoms with Gasteiger partial charge >= 0.3 is 0 Å². The van der Waals surface area contributed by atoms with Crippen molar-refractivity contribution >= 4 is 5.69 Å². The first-order chi connectivity index (χ1) is 8.19. The number of hydrogen-bond acceptors (Lipinski definition) is 3. The van der Waals surface area contributed by atoms with Crippen molar-refractivity contribution in [3.8, 4) is 0 Å². The molecule has 0 saturated carbocycles. The second kappa shape index (κ2) is 4.02. The number of piperidine rings is 1. The molecule has 94 valence electrons. The van der Waals surface area contributed by atoms with E-state index in [1.54, 1.807) is 0 Å². The third-order valence-electron chi connectivity index (χ3n) is 4.27. The van der Waals surface area contributed by atoms with Crippen LogP contribution < -0.4 is 10.6 Å². The van der Waals surface area contributed by atoms with Crippen molar-refractivity contribution in [2.75, 3.05) is 4.90 Å². The lowest BCUT2D eigenvalue weighted by molar-refractivity contribution is 0.414. The maximum atomic E-state index is 6.12. The Morgan fingerprint density at radius 1 is 1.35 bits per heavy atom. The van der Waals surface area contributed by atoms with E-state index in [4.69, 9.17) is 5.73 Å². The molecule has 2 aliphatic heterocycles. The molecule has 2 saturated heterocycles. The first-order valence-electron chi connectivity index (χ1n) is 6.75. The van der Waals surface area contributed by atoms with E-state index in [2.05, 4.69) is 23.1 Å². The molecule has 17 heavy (non-hydrogen) atoms. The molecule has 0 spiro atoms. The van der Waals surface area contributed by atoms with Crippen molar-refractivity contribution in [1.29, 1.82) is 0 Å². The molecule has 4 heteroatoms. The van der Waals surface area contributed by atoms with Crippen LogP contribution in [0.4, 0.5) is 5.69 Å². The molecule has 2 fully saturated rings. The maximum absolute atomic E-state index is 6.12. The number of rotatable bonds is 2. The zero-order valence-electron chi connectivity index (χ0n) is 10.8. The molecule has 2 unspecified atom stereocenters. The minimum absolute atomic E-state index is 0.408. The van der Waals surface area contributed by atoms with E-state index in [0.717, 1.165) is 19.3 Å². The summed E-state index contributed by atoms with van der Waals surface area (Å²) in [5.74, 6) is 0. The van der Waals surface area contributed by atoms with Crippen molar-refractivity contribution in [3.05, 3.63) is 11.9 Å². The Labute approximate surface area is 103 Å². The predicted molar refractivity (Wildman–Crippen MR) is 69.1 cm³/mol. The highest BCUT2D eigenvalue weighted by Gasteiger charge is 2.40. The highest BCUT2D eigenvalue weighted by atomic mass is 15.3. The molecule has 2 aliphatic rings. The summed E-state index contributed by atoms with van der Waals surface area (Å²) < 4.78 is 1.95. The Balaban J connectivity index is 1.94. The fourth-order valence-corrected chi connectivity index (χ4v) is 3.60. The van der Waals surface area contributed by atoms with Gasteiger partial charge in [-0.3, -0.25) is 4.68 Å². The fourth-order valence-electron chi connectivity index (χ4n) is 3.60. The molecule has 1 aromatic heterocycles.